The summed E-state index contributed by atoms with van der Waals surface area (Å²) >= 11 is 5.99. The van der Waals surface area contributed by atoms with Crippen LogP contribution >= 0.6 is 11.6 Å². The van der Waals surface area contributed by atoms with Crippen LogP contribution in [0.2, 0.25) is 0 Å². The lowest BCUT2D eigenvalue weighted by molar-refractivity contribution is 0.379. The van der Waals surface area contributed by atoms with E-state index in [9.17, 15) is 0 Å². The summed E-state index contributed by atoms with van der Waals surface area (Å²) in [5.74, 6) is 0. The maximum Gasteiger partial charge on any atom is 0.0484 e. The first kappa shape index (κ1) is 11.2. The highest BCUT2D eigenvalue weighted by Gasteiger charge is 2.22. The molecule has 1 unspecified atom stereocenters. The third kappa shape index (κ3) is 4.65. The van der Waals surface area contributed by atoms with Crippen molar-refractivity contribution in [2.24, 2.45) is 0 Å². The van der Waals surface area contributed by atoms with E-state index >= 15 is 0 Å². The van der Waals surface area contributed by atoms with E-state index in [1.54, 1.807) is 0 Å². The third-order valence-electron chi connectivity index (χ3n) is 2.11. The van der Waals surface area contributed by atoms with Crippen molar-refractivity contribution in [1.82, 2.24) is 5.32 Å². The molecule has 1 N–H and O–H groups in total. The van der Waals surface area contributed by atoms with Gasteiger partial charge in [0.15, 0.2) is 0 Å². The summed E-state index contributed by atoms with van der Waals surface area (Å²) in [6, 6.07) is 0. The van der Waals surface area contributed by atoms with Crippen LogP contribution in [0.15, 0.2) is 0 Å². The lowest BCUT2D eigenvalue weighted by atomic mass is 10.0. The fourth-order valence-corrected chi connectivity index (χ4v) is 0.805. The normalized spacial score (nSPS) is 15.0. The van der Waals surface area contributed by atoms with Gasteiger partial charge in [0.2, 0.25) is 0 Å². The number of hydrogen-bond donors (Lipinski definition) is 1. The standard InChI is InChI=1S/C9H20ClN/c1-5-6-7-11-9(3,4)8(2)10/h8,11H,5-7H2,1-4H3. The topological polar surface area (TPSA) is 12.0 Å². The number of rotatable bonds is 5. The van der Waals surface area contributed by atoms with Crippen LogP contribution in [0.1, 0.15) is 40.5 Å². The monoisotopic (exact) mass is 177 g/mol. The van der Waals surface area contributed by atoms with Gasteiger partial charge >= 0.3 is 0 Å². The molecule has 0 aliphatic carbocycles. The number of hydrogen-bond acceptors (Lipinski definition) is 1. The summed E-state index contributed by atoms with van der Waals surface area (Å²) in [6.07, 6.45) is 2.47. The van der Waals surface area contributed by atoms with Gasteiger partial charge in [0.05, 0.1) is 0 Å². The minimum Gasteiger partial charge on any atom is -0.310 e. The van der Waals surface area contributed by atoms with Crippen molar-refractivity contribution in [3.05, 3.63) is 0 Å². The van der Waals surface area contributed by atoms with Crippen LogP contribution in [0.5, 0.6) is 0 Å². The van der Waals surface area contributed by atoms with E-state index in [2.05, 4.69) is 26.1 Å². The second-order valence-corrected chi connectivity index (χ2v) is 4.27. The Bertz CT molecular complexity index is 99.7. The molecule has 0 bridgehead atoms. The van der Waals surface area contributed by atoms with Crippen molar-refractivity contribution in [2.75, 3.05) is 6.54 Å². The zero-order valence-electron chi connectivity index (χ0n) is 8.08. The molecule has 0 fully saturated rings. The molecule has 1 nitrogen and oxygen atoms in total. The fourth-order valence-electron chi connectivity index (χ4n) is 0.728. The van der Waals surface area contributed by atoms with Crippen molar-refractivity contribution in [1.29, 1.82) is 0 Å². The molecular formula is C9H20ClN. The highest BCUT2D eigenvalue weighted by atomic mass is 35.5. The zero-order chi connectivity index (χ0) is 8.91. The fraction of sp³-hybridized carbons (Fsp3) is 1.00. The Kier molecular flexibility index (Phi) is 5.11. The molecule has 0 aromatic carbocycles. The molecule has 0 saturated heterocycles. The van der Waals surface area contributed by atoms with Gasteiger partial charge in [-0.25, -0.2) is 0 Å². The molecule has 0 aromatic heterocycles. The quantitative estimate of drug-likeness (QED) is 0.503. The molecule has 2 heteroatoms. The van der Waals surface area contributed by atoms with Gasteiger partial charge in [-0.3, -0.25) is 0 Å². The summed E-state index contributed by atoms with van der Waals surface area (Å²) in [5.41, 5.74) is 0.0662. The minimum atomic E-state index is 0.0662. The van der Waals surface area contributed by atoms with Gasteiger partial charge in [0, 0.05) is 10.9 Å². The molecular weight excluding hydrogens is 158 g/mol. The van der Waals surface area contributed by atoms with Crippen LogP contribution in [-0.2, 0) is 0 Å². The largest absolute Gasteiger partial charge is 0.310 e. The first-order chi connectivity index (χ1) is 5.00. The van der Waals surface area contributed by atoms with E-state index in [1.165, 1.54) is 12.8 Å². The van der Waals surface area contributed by atoms with Gasteiger partial charge in [-0.05, 0) is 33.7 Å². The number of nitrogens with one attached hydrogen (secondary N) is 1. The highest BCUT2D eigenvalue weighted by Crippen LogP contribution is 2.14. The maximum atomic E-state index is 5.99. The summed E-state index contributed by atoms with van der Waals surface area (Å²) in [4.78, 5) is 0. The number of unbranched alkanes of at least 4 members (excludes halogenated alkanes) is 1. The Morgan fingerprint density at radius 2 is 2.00 bits per heavy atom. The molecule has 0 radical (unpaired) electrons. The van der Waals surface area contributed by atoms with E-state index < -0.39 is 0 Å². The van der Waals surface area contributed by atoms with Crippen LogP contribution in [0.4, 0.5) is 0 Å². The Hall–Kier alpha value is 0.250. The van der Waals surface area contributed by atoms with E-state index in [0.29, 0.717) is 0 Å². The summed E-state index contributed by atoms with van der Waals surface area (Å²) in [5, 5.41) is 3.61. The Balaban J connectivity index is 3.55. The molecule has 1 atom stereocenters. The molecule has 0 aliphatic rings. The van der Waals surface area contributed by atoms with E-state index in [1.807, 2.05) is 6.92 Å². The molecule has 0 heterocycles. The predicted octanol–water partition coefficient (Wildman–Crippen LogP) is 2.78. The number of alkyl halides is 1. The lowest BCUT2D eigenvalue weighted by Gasteiger charge is -2.29. The maximum absolute atomic E-state index is 5.99. The molecule has 0 rings (SSSR count). The van der Waals surface area contributed by atoms with Crippen molar-refractivity contribution in [3.63, 3.8) is 0 Å². The smallest absolute Gasteiger partial charge is 0.0484 e. The molecule has 0 spiro atoms. The second-order valence-electron chi connectivity index (χ2n) is 3.62. The van der Waals surface area contributed by atoms with Crippen molar-refractivity contribution >= 4 is 11.6 Å². The van der Waals surface area contributed by atoms with Gasteiger partial charge in [-0.2, -0.15) is 0 Å². The summed E-state index contributed by atoms with van der Waals surface area (Å²) in [6.45, 7) is 9.57. The third-order valence-corrected chi connectivity index (χ3v) is 2.65. The second kappa shape index (κ2) is 5.00. The van der Waals surface area contributed by atoms with E-state index in [0.717, 1.165) is 6.54 Å². The van der Waals surface area contributed by atoms with E-state index in [4.69, 9.17) is 11.6 Å². The Labute approximate surface area is 75.5 Å². The first-order valence-corrected chi connectivity index (χ1v) is 4.83. The Morgan fingerprint density at radius 3 is 2.36 bits per heavy atom. The van der Waals surface area contributed by atoms with Crippen LogP contribution < -0.4 is 5.32 Å². The molecule has 0 amide bonds. The molecule has 0 aliphatic heterocycles. The van der Waals surface area contributed by atoms with Crippen molar-refractivity contribution < 1.29 is 0 Å². The Morgan fingerprint density at radius 1 is 1.45 bits per heavy atom. The van der Waals surface area contributed by atoms with Gasteiger partial charge in [-0.15, -0.1) is 11.6 Å². The summed E-state index contributed by atoms with van der Waals surface area (Å²) < 4.78 is 0. The van der Waals surface area contributed by atoms with Crippen LogP contribution in [-0.4, -0.2) is 17.5 Å². The van der Waals surface area contributed by atoms with Gasteiger partial charge in [0.1, 0.15) is 0 Å². The van der Waals surface area contributed by atoms with E-state index in [-0.39, 0.29) is 10.9 Å². The summed E-state index contributed by atoms with van der Waals surface area (Å²) in [7, 11) is 0. The van der Waals surface area contributed by atoms with Gasteiger partial charge < -0.3 is 5.32 Å². The SMILES string of the molecule is CCCCNC(C)(C)C(C)Cl. The first-order valence-electron chi connectivity index (χ1n) is 4.39. The molecule has 0 saturated carbocycles. The van der Waals surface area contributed by atoms with Crippen molar-refractivity contribution in [2.45, 2.75) is 51.5 Å². The van der Waals surface area contributed by atoms with Gasteiger partial charge in [-0.1, -0.05) is 13.3 Å². The zero-order valence-corrected chi connectivity index (χ0v) is 8.83. The van der Waals surface area contributed by atoms with Crippen LogP contribution in [0.3, 0.4) is 0 Å². The van der Waals surface area contributed by atoms with Crippen LogP contribution in [0.25, 0.3) is 0 Å². The van der Waals surface area contributed by atoms with Crippen LogP contribution in [0, 0.1) is 0 Å². The molecule has 11 heavy (non-hydrogen) atoms. The molecule has 0 aromatic rings. The average Bonchev–Trinajstić information content (AvgIpc) is 1.88. The number of halogens is 1. The minimum absolute atomic E-state index is 0.0662. The average molecular weight is 178 g/mol. The highest BCUT2D eigenvalue weighted by molar-refractivity contribution is 6.21. The molecule has 68 valence electrons. The predicted molar refractivity (Wildman–Crippen MR) is 52.3 cm³/mol. The van der Waals surface area contributed by atoms with Gasteiger partial charge in [0.25, 0.3) is 0 Å². The van der Waals surface area contributed by atoms with Crippen molar-refractivity contribution in [3.8, 4) is 0 Å². The lowest BCUT2D eigenvalue weighted by Crippen LogP contribution is -2.46.